The predicted octanol–water partition coefficient (Wildman–Crippen LogP) is 3.16. The van der Waals surface area contributed by atoms with Crippen LogP contribution in [-0.4, -0.2) is 31.8 Å². The largest absolute Gasteiger partial charge is 0.495 e. The number of rotatable bonds is 7. The van der Waals surface area contributed by atoms with E-state index in [1.54, 1.807) is 42.5 Å². The standard InChI is InChI=1S/C23H24ClN5O4/c1-14(2)10-11-27-21(31)16-6-4-5-7-18(16)29-22(27)26-28(23(29)32)13-20(30)25-17-12-15(24)8-9-19(17)33-3/h4-9,12,14H,10-11,13H2,1-3H3,(H,25,30). The van der Waals surface area contributed by atoms with Crippen molar-refractivity contribution >= 4 is 39.9 Å². The van der Waals surface area contributed by atoms with Crippen LogP contribution in [0.5, 0.6) is 5.75 Å². The number of ether oxygens (including phenoxy) is 1. The van der Waals surface area contributed by atoms with Crippen LogP contribution in [0.25, 0.3) is 16.7 Å². The van der Waals surface area contributed by atoms with Crippen molar-refractivity contribution < 1.29 is 9.53 Å². The van der Waals surface area contributed by atoms with Gasteiger partial charge in [0.05, 0.1) is 23.7 Å². The van der Waals surface area contributed by atoms with Gasteiger partial charge in [0, 0.05) is 11.6 Å². The van der Waals surface area contributed by atoms with Crippen molar-refractivity contribution in [3.63, 3.8) is 0 Å². The Balaban J connectivity index is 1.77. The maximum Gasteiger partial charge on any atom is 0.352 e. The van der Waals surface area contributed by atoms with Gasteiger partial charge in [0.15, 0.2) is 0 Å². The van der Waals surface area contributed by atoms with E-state index in [1.807, 2.05) is 0 Å². The molecule has 33 heavy (non-hydrogen) atoms. The maximum absolute atomic E-state index is 13.2. The first-order valence-electron chi connectivity index (χ1n) is 10.5. The van der Waals surface area contributed by atoms with Gasteiger partial charge in [-0.1, -0.05) is 37.6 Å². The van der Waals surface area contributed by atoms with Crippen molar-refractivity contribution in [1.82, 2.24) is 18.7 Å². The van der Waals surface area contributed by atoms with Gasteiger partial charge in [-0.05, 0) is 42.7 Å². The fourth-order valence-electron chi connectivity index (χ4n) is 3.66. The summed E-state index contributed by atoms with van der Waals surface area (Å²) in [5, 5.41) is 7.90. The normalized spacial score (nSPS) is 11.4. The van der Waals surface area contributed by atoms with E-state index in [2.05, 4.69) is 24.3 Å². The summed E-state index contributed by atoms with van der Waals surface area (Å²) in [6.45, 7) is 4.18. The molecule has 4 aromatic rings. The van der Waals surface area contributed by atoms with Crippen molar-refractivity contribution in [1.29, 1.82) is 0 Å². The van der Waals surface area contributed by atoms with Gasteiger partial charge < -0.3 is 10.1 Å². The van der Waals surface area contributed by atoms with E-state index in [9.17, 15) is 14.4 Å². The van der Waals surface area contributed by atoms with Crippen molar-refractivity contribution in [3.8, 4) is 5.75 Å². The first kappa shape index (κ1) is 22.6. The van der Waals surface area contributed by atoms with Crippen LogP contribution >= 0.6 is 11.6 Å². The second-order valence-corrected chi connectivity index (χ2v) is 8.56. The fraction of sp³-hybridized carbons (Fsp3) is 0.304. The number of fused-ring (bicyclic) bond motifs is 3. The topological polar surface area (TPSA) is 99.6 Å². The summed E-state index contributed by atoms with van der Waals surface area (Å²) in [5.41, 5.74) is 0.106. The summed E-state index contributed by atoms with van der Waals surface area (Å²) < 4.78 is 9.18. The van der Waals surface area contributed by atoms with Crippen LogP contribution in [0.4, 0.5) is 5.69 Å². The number of carbonyl (C=O) groups excluding carboxylic acids is 1. The van der Waals surface area contributed by atoms with Crippen LogP contribution in [0.2, 0.25) is 5.02 Å². The molecule has 1 N–H and O–H groups in total. The molecule has 0 bridgehead atoms. The second kappa shape index (κ2) is 9.11. The molecule has 0 radical (unpaired) electrons. The number of carbonyl (C=O) groups is 1. The molecule has 0 aliphatic carbocycles. The number of benzene rings is 2. The molecule has 9 nitrogen and oxygen atoms in total. The zero-order valence-electron chi connectivity index (χ0n) is 18.5. The molecule has 2 aromatic heterocycles. The first-order valence-corrected chi connectivity index (χ1v) is 10.9. The van der Waals surface area contributed by atoms with Crippen molar-refractivity contribution in [2.45, 2.75) is 33.4 Å². The number of halogens is 1. The molecule has 172 valence electrons. The van der Waals surface area contributed by atoms with E-state index in [4.69, 9.17) is 16.3 Å². The molecule has 0 atom stereocenters. The van der Waals surface area contributed by atoms with Crippen LogP contribution in [0, 0.1) is 5.92 Å². The summed E-state index contributed by atoms with van der Waals surface area (Å²) in [4.78, 5) is 39.1. The Morgan fingerprint density at radius 2 is 1.94 bits per heavy atom. The van der Waals surface area contributed by atoms with Gasteiger partial charge in [-0.3, -0.25) is 14.2 Å². The van der Waals surface area contributed by atoms with Crippen LogP contribution in [0.3, 0.4) is 0 Å². The van der Waals surface area contributed by atoms with Gasteiger partial charge in [-0.15, -0.1) is 5.10 Å². The molecule has 2 heterocycles. The summed E-state index contributed by atoms with van der Waals surface area (Å²) in [7, 11) is 1.48. The van der Waals surface area contributed by atoms with Gasteiger partial charge in [0.1, 0.15) is 12.3 Å². The SMILES string of the molecule is COc1ccc(Cl)cc1NC(=O)Cn1nc2n(CCC(C)C)c(=O)c3ccccc3n2c1=O. The number of nitrogens with one attached hydrogen (secondary N) is 1. The molecule has 0 unspecified atom stereocenters. The minimum absolute atomic E-state index is 0.206. The average Bonchev–Trinajstić information content (AvgIpc) is 3.09. The maximum atomic E-state index is 13.2. The van der Waals surface area contributed by atoms with Gasteiger partial charge in [0.2, 0.25) is 11.7 Å². The highest BCUT2D eigenvalue weighted by Crippen LogP contribution is 2.27. The zero-order valence-corrected chi connectivity index (χ0v) is 19.3. The van der Waals surface area contributed by atoms with E-state index in [0.29, 0.717) is 39.8 Å². The Labute approximate surface area is 194 Å². The summed E-state index contributed by atoms with van der Waals surface area (Å²) in [6.07, 6.45) is 0.740. The predicted molar refractivity (Wildman–Crippen MR) is 127 cm³/mol. The lowest BCUT2D eigenvalue weighted by Gasteiger charge is -2.10. The molecule has 0 aliphatic rings. The zero-order chi connectivity index (χ0) is 23.7. The number of methoxy groups -OCH3 is 1. The minimum Gasteiger partial charge on any atom is -0.495 e. The van der Waals surface area contributed by atoms with Gasteiger partial charge in [0.25, 0.3) is 5.56 Å². The lowest BCUT2D eigenvalue weighted by molar-refractivity contribution is -0.117. The number of amides is 1. The number of nitrogens with zero attached hydrogens (tertiary/aromatic N) is 4. The quantitative estimate of drug-likeness (QED) is 0.448. The summed E-state index contributed by atoms with van der Waals surface area (Å²) in [6, 6.07) is 11.7. The smallest absolute Gasteiger partial charge is 0.352 e. The van der Waals surface area contributed by atoms with Gasteiger partial charge >= 0.3 is 5.69 Å². The third-order valence-electron chi connectivity index (χ3n) is 5.34. The van der Waals surface area contributed by atoms with E-state index >= 15 is 0 Å². The van der Waals surface area contributed by atoms with Gasteiger partial charge in [-0.25, -0.2) is 13.9 Å². The Hall–Kier alpha value is -3.59. The average molecular weight is 470 g/mol. The molecule has 1 amide bonds. The number of aromatic nitrogens is 4. The number of para-hydroxylation sites is 1. The van der Waals surface area contributed by atoms with E-state index in [0.717, 1.165) is 11.1 Å². The molecular weight excluding hydrogens is 446 g/mol. The Kier molecular flexibility index (Phi) is 6.24. The Morgan fingerprint density at radius 3 is 2.67 bits per heavy atom. The van der Waals surface area contributed by atoms with Crippen LogP contribution < -0.4 is 21.3 Å². The van der Waals surface area contributed by atoms with E-state index < -0.39 is 11.6 Å². The third kappa shape index (κ3) is 4.36. The van der Waals surface area contributed by atoms with Crippen LogP contribution in [0.1, 0.15) is 20.3 Å². The number of anilines is 1. The van der Waals surface area contributed by atoms with Crippen LogP contribution in [-0.2, 0) is 17.9 Å². The minimum atomic E-state index is -0.507. The number of aryl methyl sites for hydroxylation is 1. The highest BCUT2D eigenvalue weighted by atomic mass is 35.5. The highest BCUT2D eigenvalue weighted by Gasteiger charge is 2.19. The van der Waals surface area contributed by atoms with Gasteiger partial charge in [-0.2, -0.15) is 0 Å². The molecule has 2 aromatic carbocycles. The molecule has 0 spiro atoms. The van der Waals surface area contributed by atoms with Crippen LogP contribution in [0.15, 0.2) is 52.1 Å². The molecular formula is C23H24ClN5O4. The van der Waals surface area contributed by atoms with Crippen molar-refractivity contribution in [2.75, 3.05) is 12.4 Å². The Bertz CT molecular complexity index is 1470. The van der Waals surface area contributed by atoms with E-state index in [1.165, 1.54) is 16.1 Å². The molecule has 0 aliphatic heterocycles. The van der Waals surface area contributed by atoms with E-state index in [-0.39, 0.29) is 17.9 Å². The molecule has 0 saturated heterocycles. The first-order chi connectivity index (χ1) is 15.8. The summed E-state index contributed by atoms with van der Waals surface area (Å²) >= 11 is 6.03. The third-order valence-corrected chi connectivity index (χ3v) is 5.58. The van der Waals surface area contributed by atoms with Crippen molar-refractivity contribution in [2.24, 2.45) is 5.92 Å². The Morgan fingerprint density at radius 1 is 1.18 bits per heavy atom. The monoisotopic (exact) mass is 469 g/mol. The van der Waals surface area contributed by atoms with Crippen molar-refractivity contribution in [3.05, 3.63) is 68.3 Å². The second-order valence-electron chi connectivity index (χ2n) is 8.12. The lowest BCUT2D eigenvalue weighted by atomic mass is 10.1. The fourth-order valence-corrected chi connectivity index (χ4v) is 3.84. The number of hydrogen-bond donors (Lipinski definition) is 1. The molecule has 0 saturated carbocycles. The highest BCUT2D eigenvalue weighted by molar-refractivity contribution is 6.31. The number of hydrogen-bond acceptors (Lipinski definition) is 5. The molecule has 10 heteroatoms. The summed E-state index contributed by atoms with van der Waals surface area (Å²) in [5.74, 6) is 0.512. The lowest BCUT2D eigenvalue weighted by Crippen LogP contribution is -2.29. The molecule has 0 fully saturated rings. The molecule has 4 rings (SSSR count).